The lowest BCUT2D eigenvalue weighted by Gasteiger charge is -2.48. The molecule has 3 aliphatic rings. The fourth-order valence-corrected chi connectivity index (χ4v) is 5.95. The zero-order valence-electron chi connectivity index (χ0n) is 26.1. The van der Waals surface area contributed by atoms with Crippen LogP contribution in [0.1, 0.15) is 45.4 Å². The number of rotatable bonds is 17. The summed E-state index contributed by atoms with van der Waals surface area (Å²) < 4.78 is 28.9. The van der Waals surface area contributed by atoms with Crippen LogP contribution in [-0.2, 0) is 23.7 Å². The van der Waals surface area contributed by atoms with E-state index in [0.717, 1.165) is 25.7 Å². The van der Waals surface area contributed by atoms with Crippen molar-refractivity contribution >= 4 is 0 Å². The highest BCUT2D eigenvalue weighted by Gasteiger charge is 2.53. The molecule has 0 aromatic heterocycles. The first-order valence-electron chi connectivity index (χ1n) is 15.5. The van der Waals surface area contributed by atoms with E-state index >= 15 is 0 Å². The lowest BCUT2D eigenvalue weighted by atomic mass is 9.84. The number of hydrogen-bond donors (Lipinski definition) is 6. The number of aliphatic hydroxyl groups excluding tert-OH is 6. The van der Waals surface area contributed by atoms with E-state index in [-0.39, 0.29) is 13.0 Å². The smallest absolute Gasteiger partial charge is 0.186 e. The van der Waals surface area contributed by atoms with Gasteiger partial charge in [0.1, 0.15) is 36.6 Å². The van der Waals surface area contributed by atoms with Crippen molar-refractivity contribution in [3.8, 4) is 0 Å². The quantitative estimate of drug-likeness (QED) is 0.0544. The third kappa shape index (κ3) is 9.70. The van der Waals surface area contributed by atoms with Crippen LogP contribution in [0.5, 0.6) is 0 Å². The molecule has 1 saturated carbocycles. The van der Waals surface area contributed by atoms with Crippen molar-refractivity contribution in [1.29, 1.82) is 0 Å². The highest BCUT2D eigenvalue weighted by molar-refractivity contribution is 5.04. The van der Waals surface area contributed by atoms with Crippen LogP contribution in [0.25, 0.3) is 41.8 Å². The zero-order chi connectivity index (χ0) is 35.2. The minimum Gasteiger partial charge on any atom is -0.394 e. The van der Waals surface area contributed by atoms with Gasteiger partial charge < -0.3 is 54.3 Å². The van der Waals surface area contributed by atoms with E-state index in [9.17, 15) is 47.2 Å². The highest BCUT2D eigenvalue weighted by atomic mass is 16.7. The molecule has 3 fully saturated rings. The van der Waals surface area contributed by atoms with Crippen LogP contribution in [-0.4, -0.2) is 142 Å². The number of nitrogens with zero attached hydrogens (tertiary/aromatic N) is 12. The topological polar surface area (TPSA) is 363 Å². The zero-order valence-corrected chi connectivity index (χ0v) is 26.1. The average molecular weight is 687 g/mol. The van der Waals surface area contributed by atoms with Gasteiger partial charge in [-0.05, 0) is 35.0 Å². The summed E-state index contributed by atoms with van der Waals surface area (Å²) in [5.74, 6) is 0. The molecule has 0 bridgehead atoms. The molecule has 23 nitrogen and oxygen atoms in total. The van der Waals surface area contributed by atoms with Crippen LogP contribution >= 0.6 is 0 Å². The van der Waals surface area contributed by atoms with E-state index in [0.29, 0.717) is 6.42 Å². The fraction of sp³-hybridized carbons (Fsp3) is 1.00. The highest BCUT2D eigenvalue weighted by Crippen LogP contribution is 2.36. The average Bonchev–Trinajstić information content (AvgIpc) is 3.07. The van der Waals surface area contributed by atoms with Crippen LogP contribution < -0.4 is 0 Å². The summed E-state index contributed by atoms with van der Waals surface area (Å²) in [5, 5.41) is 78.3. The Morgan fingerprint density at radius 2 is 1.25 bits per heavy atom. The molecule has 0 spiro atoms. The molecular formula is C25H42N12O11. The summed E-state index contributed by atoms with van der Waals surface area (Å²) in [6.45, 7) is 1.22. The predicted octanol–water partition coefficient (Wildman–Crippen LogP) is 1.11. The molecule has 0 radical (unpaired) electrons. The van der Waals surface area contributed by atoms with Crippen LogP contribution in [0.15, 0.2) is 20.5 Å². The van der Waals surface area contributed by atoms with Crippen molar-refractivity contribution in [2.45, 2.75) is 137 Å². The first-order chi connectivity index (χ1) is 23.2. The van der Waals surface area contributed by atoms with Gasteiger partial charge in [0, 0.05) is 26.3 Å². The van der Waals surface area contributed by atoms with Crippen molar-refractivity contribution in [3.63, 3.8) is 0 Å². The van der Waals surface area contributed by atoms with Crippen LogP contribution in [0.4, 0.5) is 0 Å². The maximum absolute atomic E-state index is 11.5. The lowest BCUT2D eigenvalue weighted by molar-refractivity contribution is -0.333. The van der Waals surface area contributed by atoms with Gasteiger partial charge in [-0.25, -0.2) is 0 Å². The van der Waals surface area contributed by atoms with Gasteiger partial charge in [0.05, 0.1) is 55.7 Å². The Bertz CT molecular complexity index is 1220. The van der Waals surface area contributed by atoms with Crippen molar-refractivity contribution in [1.82, 2.24) is 0 Å². The number of aliphatic hydroxyl groups is 6. The second-order valence-corrected chi connectivity index (χ2v) is 11.6. The Balaban J connectivity index is 1.85. The fourth-order valence-electron chi connectivity index (χ4n) is 5.95. The molecular weight excluding hydrogens is 644 g/mol. The molecule has 15 atom stereocenters. The van der Waals surface area contributed by atoms with E-state index < -0.39 is 105 Å². The molecule has 2 heterocycles. The monoisotopic (exact) mass is 686 g/mol. The molecule has 48 heavy (non-hydrogen) atoms. The maximum atomic E-state index is 11.5. The van der Waals surface area contributed by atoms with Crippen molar-refractivity contribution < 1.29 is 54.3 Å². The maximum Gasteiger partial charge on any atom is 0.186 e. The number of ether oxygens (including phenoxy) is 5. The van der Waals surface area contributed by atoms with Crippen molar-refractivity contribution in [2.75, 3.05) is 19.8 Å². The van der Waals surface area contributed by atoms with Crippen molar-refractivity contribution in [3.05, 3.63) is 41.8 Å². The SMILES string of the molecule is CCCCCCCO[C@H]1[C@H](N=[N+]=[N-])[C@@H](O)[C@@H](O[C@@H]2[C@@H](O)[C@H](O[C@H]3O[C@H](CN=[N+]=[N-])[C@@H](O)[C@H](O)[C@H]3O)[C@@H](N=[N+]=[N-])C[C@H]2N=[N+]=[N-])O[C@@H]1CO. The van der Waals surface area contributed by atoms with E-state index in [1.54, 1.807) is 0 Å². The molecule has 3 rings (SSSR count). The molecule has 0 amide bonds. The lowest BCUT2D eigenvalue weighted by Crippen LogP contribution is -2.65. The Morgan fingerprint density at radius 3 is 1.81 bits per heavy atom. The van der Waals surface area contributed by atoms with Gasteiger partial charge in [-0.2, -0.15) is 0 Å². The molecule has 0 unspecified atom stereocenters. The van der Waals surface area contributed by atoms with Gasteiger partial charge >= 0.3 is 0 Å². The van der Waals surface area contributed by atoms with Gasteiger partial charge in [-0.1, -0.05) is 53.1 Å². The minimum absolute atomic E-state index is 0.231. The molecule has 23 heteroatoms. The summed E-state index contributed by atoms with van der Waals surface area (Å²) in [6, 6.07) is -3.85. The summed E-state index contributed by atoms with van der Waals surface area (Å²) in [7, 11) is 0. The Morgan fingerprint density at radius 1 is 0.667 bits per heavy atom. The Labute approximate surface area is 273 Å². The van der Waals surface area contributed by atoms with E-state index in [4.69, 9.17) is 29.2 Å². The van der Waals surface area contributed by atoms with Gasteiger partial charge in [0.15, 0.2) is 12.6 Å². The number of unbranched alkanes of at least 4 members (excludes halogenated alkanes) is 4. The third-order valence-electron chi connectivity index (χ3n) is 8.45. The number of azide groups is 4. The summed E-state index contributed by atoms with van der Waals surface area (Å²) in [6.07, 6.45) is -14.8. The van der Waals surface area contributed by atoms with Crippen molar-refractivity contribution in [2.24, 2.45) is 20.5 Å². The largest absolute Gasteiger partial charge is 0.394 e. The van der Waals surface area contributed by atoms with E-state index in [2.05, 4.69) is 47.0 Å². The predicted molar refractivity (Wildman–Crippen MR) is 160 cm³/mol. The van der Waals surface area contributed by atoms with Crippen LogP contribution in [0.2, 0.25) is 0 Å². The normalized spacial score (nSPS) is 39.6. The molecule has 0 aromatic rings. The first-order valence-corrected chi connectivity index (χ1v) is 15.5. The Kier molecular flexibility index (Phi) is 16.1. The van der Waals surface area contributed by atoms with E-state index in [1.807, 2.05) is 0 Å². The first kappa shape index (κ1) is 39.2. The third-order valence-corrected chi connectivity index (χ3v) is 8.45. The Hall–Kier alpha value is -3.20. The molecule has 0 aromatic carbocycles. The molecule has 2 saturated heterocycles. The second kappa shape index (κ2) is 19.7. The van der Waals surface area contributed by atoms with Crippen LogP contribution in [0.3, 0.4) is 0 Å². The molecule has 2 aliphatic heterocycles. The van der Waals surface area contributed by atoms with Gasteiger partial charge in [0.25, 0.3) is 0 Å². The molecule has 268 valence electrons. The number of hydrogen-bond acceptors (Lipinski definition) is 15. The second-order valence-electron chi connectivity index (χ2n) is 11.6. The summed E-state index contributed by atoms with van der Waals surface area (Å²) >= 11 is 0. The van der Waals surface area contributed by atoms with Gasteiger partial charge in [-0.3, -0.25) is 0 Å². The molecule has 1 aliphatic carbocycles. The van der Waals surface area contributed by atoms with Crippen LogP contribution in [0, 0.1) is 0 Å². The summed E-state index contributed by atoms with van der Waals surface area (Å²) in [4.78, 5) is 10.9. The molecule has 6 N–H and O–H groups in total. The van der Waals surface area contributed by atoms with E-state index in [1.165, 1.54) is 0 Å². The summed E-state index contributed by atoms with van der Waals surface area (Å²) in [5.41, 5.74) is 36.4. The minimum atomic E-state index is -1.89. The van der Waals surface area contributed by atoms with Gasteiger partial charge in [-0.15, -0.1) is 0 Å². The van der Waals surface area contributed by atoms with Gasteiger partial charge in [0.2, 0.25) is 0 Å². The standard InChI is InChI=1S/C25H42N12O11/c1-2-3-4-5-6-7-44-23-14(10-38)46-24(17(40)15(23)33-37-29)47-21-11(31-35-27)8-12(32-36-28)22(20(21)43)48-25-19(42)18(41)16(39)13(45-25)9-30-34-26/h11-25,38-43H,2-10H2,1H3/t11-,12+,13-,14-,15-,16-,17-,18+,19-,20-,21+,22-,23-,24-,25-/m1/s1.